The van der Waals surface area contributed by atoms with E-state index in [2.05, 4.69) is 4.98 Å². The zero-order valence-electron chi connectivity index (χ0n) is 10.8. The van der Waals surface area contributed by atoms with Gasteiger partial charge in [-0.3, -0.25) is 0 Å². The number of nitrogens with two attached hydrogens (primary N) is 1. The molecule has 0 aliphatic heterocycles. The fraction of sp³-hybridized carbons (Fsp3) is 0.0625. The van der Waals surface area contributed by atoms with Crippen molar-refractivity contribution >= 4 is 6.01 Å². The summed E-state index contributed by atoms with van der Waals surface area (Å²) in [5.74, 6) is 1.41. The fourth-order valence-electron chi connectivity index (χ4n) is 1.90. The van der Waals surface area contributed by atoms with E-state index in [1.165, 1.54) is 0 Å². The van der Waals surface area contributed by atoms with Gasteiger partial charge in [-0.2, -0.15) is 0 Å². The molecule has 0 spiro atoms. The monoisotopic (exact) mass is 266 g/mol. The number of nitrogen functional groups attached to an aromatic ring is 1. The van der Waals surface area contributed by atoms with Crippen molar-refractivity contribution in [2.45, 2.75) is 6.61 Å². The van der Waals surface area contributed by atoms with Gasteiger partial charge in [0.1, 0.15) is 12.4 Å². The highest BCUT2D eigenvalue weighted by atomic mass is 16.5. The number of ether oxygens (including phenoxy) is 1. The Balaban J connectivity index is 1.75. The van der Waals surface area contributed by atoms with E-state index < -0.39 is 0 Å². The van der Waals surface area contributed by atoms with Gasteiger partial charge < -0.3 is 14.9 Å². The van der Waals surface area contributed by atoms with Crippen molar-refractivity contribution in [3.05, 3.63) is 66.4 Å². The Hall–Kier alpha value is -2.75. The molecule has 0 saturated carbocycles. The Morgan fingerprint density at radius 3 is 2.65 bits per heavy atom. The highest BCUT2D eigenvalue weighted by Crippen LogP contribution is 2.25. The molecule has 0 fully saturated rings. The van der Waals surface area contributed by atoms with Crippen LogP contribution in [-0.4, -0.2) is 4.98 Å². The molecule has 0 radical (unpaired) electrons. The maximum Gasteiger partial charge on any atom is 0.292 e. The SMILES string of the molecule is Nc1ncc(-c2cccc(OCc3ccccc3)c2)o1. The fourth-order valence-corrected chi connectivity index (χ4v) is 1.90. The van der Waals surface area contributed by atoms with Gasteiger partial charge in [-0.1, -0.05) is 42.5 Å². The average molecular weight is 266 g/mol. The standard InChI is InChI=1S/C16H14N2O2/c17-16-18-10-15(20-16)13-7-4-8-14(9-13)19-11-12-5-2-1-3-6-12/h1-10H,11H2,(H2,17,18). The summed E-state index contributed by atoms with van der Waals surface area (Å²) in [5, 5.41) is 0. The molecule has 0 aliphatic carbocycles. The molecule has 1 aromatic heterocycles. The zero-order valence-corrected chi connectivity index (χ0v) is 10.8. The Morgan fingerprint density at radius 1 is 1.05 bits per heavy atom. The Morgan fingerprint density at radius 2 is 1.90 bits per heavy atom. The number of anilines is 1. The van der Waals surface area contributed by atoms with Crippen LogP contribution in [0.15, 0.2) is 65.2 Å². The molecule has 20 heavy (non-hydrogen) atoms. The van der Waals surface area contributed by atoms with Crippen LogP contribution in [-0.2, 0) is 6.61 Å². The van der Waals surface area contributed by atoms with Crippen LogP contribution >= 0.6 is 0 Å². The summed E-state index contributed by atoms with van der Waals surface area (Å²) in [7, 11) is 0. The quantitative estimate of drug-likeness (QED) is 0.785. The molecule has 4 nitrogen and oxygen atoms in total. The lowest BCUT2D eigenvalue weighted by Crippen LogP contribution is -1.94. The molecule has 0 saturated heterocycles. The van der Waals surface area contributed by atoms with Gasteiger partial charge in [0, 0.05) is 5.56 Å². The lowest BCUT2D eigenvalue weighted by Gasteiger charge is -2.07. The predicted molar refractivity (Wildman–Crippen MR) is 77.1 cm³/mol. The van der Waals surface area contributed by atoms with Crippen molar-refractivity contribution in [1.29, 1.82) is 0 Å². The van der Waals surface area contributed by atoms with Crippen molar-refractivity contribution in [3.63, 3.8) is 0 Å². The largest absolute Gasteiger partial charge is 0.489 e. The van der Waals surface area contributed by atoms with Crippen molar-refractivity contribution in [3.8, 4) is 17.1 Å². The van der Waals surface area contributed by atoms with Crippen molar-refractivity contribution in [2.75, 3.05) is 5.73 Å². The number of hydrogen-bond acceptors (Lipinski definition) is 4. The predicted octanol–water partition coefficient (Wildman–Crippen LogP) is 3.50. The van der Waals surface area contributed by atoms with Crippen LogP contribution in [0.25, 0.3) is 11.3 Å². The Labute approximate surface area is 116 Å². The molecule has 0 unspecified atom stereocenters. The molecule has 2 aromatic carbocycles. The van der Waals surface area contributed by atoms with E-state index in [1.54, 1.807) is 6.20 Å². The first-order valence-electron chi connectivity index (χ1n) is 6.30. The van der Waals surface area contributed by atoms with Crippen LogP contribution in [0.4, 0.5) is 6.01 Å². The van der Waals surface area contributed by atoms with E-state index >= 15 is 0 Å². The van der Waals surface area contributed by atoms with Crippen LogP contribution in [0.3, 0.4) is 0 Å². The molecular formula is C16H14N2O2. The van der Waals surface area contributed by atoms with Crippen LogP contribution in [0, 0.1) is 0 Å². The first kappa shape index (κ1) is 12.3. The van der Waals surface area contributed by atoms with Gasteiger partial charge in [0.15, 0.2) is 5.76 Å². The molecule has 1 heterocycles. The molecular weight excluding hydrogens is 252 g/mol. The lowest BCUT2D eigenvalue weighted by atomic mass is 10.2. The highest BCUT2D eigenvalue weighted by molar-refractivity contribution is 5.59. The number of nitrogens with zero attached hydrogens (tertiary/aromatic N) is 1. The third kappa shape index (κ3) is 2.80. The second kappa shape index (κ2) is 5.48. The van der Waals surface area contributed by atoms with Gasteiger partial charge >= 0.3 is 0 Å². The first-order chi connectivity index (χ1) is 9.81. The minimum Gasteiger partial charge on any atom is -0.489 e. The molecule has 0 amide bonds. The maximum atomic E-state index is 5.77. The van der Waals surface area contributed by atoms with Gasteiger partial charge in [-0.05, 0) is 17.7 Å². The van der Waals surface area contributed by atoms with Crippen molar-refractivity contribution in [2.24, 2.45) is 0 Å². The zero-order chi connectivity index (χ0) is 13.8. The summed E-state index contributed by atoms with van der Waals surface area (Å²) >= 11 is 0. The summed E-state index contributed by atoms with van der Waals surface area (Å²) in [6.07, 6.45) is 1.60. The van der Waals surface area contributed by atoms with E-state index in [0.29, 0.717) is 12.4 Å². The molecule has 3 aromatic rings. The van der Waals surface area contributed by atoms with Gasteiger partial charge in [0.05, 0.1) is 6.20 Å². The second-order valence-electron chi connectivity index (χ2n) is 4.36. The number of hydrogen-bond donors (Lipinski definition) is 1. The van der Waals surface area contributed by atoms with Gasteiger partial charge in [-0.15, -0.1) is 0 Å². The van der Waals surface area contributed by atoms with E-state index in [-0.39, 0.29) is 6.01 Å². The molecule has 2 N–H and O–H groups in total. The van der Waals surface area contributed by atoms with Crippen LogP contribution < -0.4 is 10.5 Å². The molecule has 3 rings (SSSR count). The Bertz CT molecular complexity index is 692. The van der Waals surface area contributed by atoms with E-state index in [4.69, 9.17) is 14.9 Å². The number of benzene rings is 2. The number of oxazole rings is 1. The second-order valence-corrected chi connectivity index (χ2v) is 4.36. The third-order valence-electron chi connectivity index (χ3n) is 2.89. The average Bonchev–Trinajstić information content (AvgIpc) is 2.93. The minimum absolute atomic E-state index is 0.163. The van der Waals surface area contributed by atoms with Crippen LogP contribution in [0.2, 0.25) is 0 Å². The van der Waals surface area contributed by atoms with Crippen LogP contribution in [0.1, 0.15) is 5.56 Å². The van der Waals surface area contributed by atoms with E-state index in [9.17, 15) is 0 Å². The minimum atomic E-state index is 0.163. The third-order valence-corrected chi connectivity index (χ3v) is 2.89. The van der Waals surface area contributed by atoms with E-state index in [0.717, 1.165) is 16.9 Å². The Kier molecular flexibility index (Phi) is 3.37. The highest BCUT2D eigenvalue weighted by Gasteiger charge is 2.05. The van der Waals surface area contributed by atoms with Gasteiger partial charge in [0.25, 0.3) is 6.01 Å². The van der Waals surface area contributed by atoms with E-state index in [1.807, 2.05) is 54.6 Å². The lowest BCUT2D eigenvalue weighted by molar-refractivity contribution is 0.306. The maximum absolute atomic E-state index is 5.77. The van der Waals surface area contributed by atoms with Crippen molar-refractivity contribution < 1.29 is 9.15 Å². The molecule has 0 atom stereocenters. The first-order valence-corrected chi connectivity index (χ1v) is 6.30. The summed E-state index contributed by atoms with van der Waals surface area (Å²) in [5.41, 5.74) is 7.49. The molecule has 0 aliphatic rings. The molecule has 100 valence electrons. The summed E-state index contributed by atoms with van der Waals surface area (Å²) in [4.78, 5) is 3.89. The summed E-state index contributed by atoms with van der Waals surface area (Å²) in [6.45, 7) is 0.531. The summed E-state index contributed by atoms with van der Waals surface area (Å²) < 4.78 is 11.1. The smallest absolute Gasteiger partial charge is 0.292 e. The van der Waals surface area contributed by atoms with Crippen LogP contribution in [0.5, 0.6) is 5.75 Å². The van der Waals surface area contributed by atoms with Gasteiger partial charge in [0.2, 0.25) is 0 Å². The number of rotatable bonds is 4. The molecule has 4 heteroatoms. The normalized spacial score (nSPS) is 10.4. The molecule has 0 bridgehead atoms. The van der Waals surface area contributed by atoms with Gasteiger partial charge in [-0.25, -0.2) is 4.98 Å². The summed E-state index contributed by atoms with van der Waals surface area (Å²) in [6, 6.07) is 17.8. The topological polar surface area (TPSA) is 61.3 Å². The van der Waals surface area contributed by atoms with Crippen molar-refractivity contribution in [1.82, 2.24) is 4.98 Å². The number of aromatic nitrogens is 1.